The molecule has 6 heteroatoms. The Morgan fingerprint density at radius 1 is 1.42 bits per heavy atom. The lowest BCUT2D eigenvalue weighted by atomic mass is 9.96. The molecule has 2 heterocycles. The zero-order chi connectivity index (χ0) is 17.1. The summed E-state index contributed by atoms with van der Waals surface area (Å²) in [6.07, 6.45) is 2.05. The van der Waals surface area contributed by atoms with Gasteiger partial charge in [-0.2, -0.15) is 0 Å². The molecule has 0 unspecified atom stereocenters. The number of likely N-dealkylation sites (tertiary alicyclic amines) is 1. The highest BCUT2D eigenvalue weighted by molar-refractivity contribution is 7.09. The van der Waals surface area contributed by atoms with Gasteiger partial charge in [-0.1, -0.05) is 12.1 Å². The Hall–Kier alpha value is -1.92. The minimum atomic E-state index is -0.941. The van der Waals surface area contributed by atoms with Crippen LogP contribution < -0.4 is 4.74 Å². The summed E-state index contributed by atoms with van der Waals surface area (Å²) in [4.78, 5) is 17.7. The predicted molar refractivity (Wildman–Crippen MR) is 94.1 cm³/mol. The van der Waals surface area contributed by atoms with E-state index in [0.29, 0.717) is 5.92 Å². The topological polar surface area (TPSA) is 62.7 Å². The average molecular weight is 346 g/mol. The maximum atomic E-state index is 11.0. The van der Waals surface area contributed by atoms with Gasteiger partial charge in [-0.05, 0) is 50.0 Å². The van der Waals surface area contributed by atoms with Crippen LogP contribution >= 0.6 is 11.3 Å². The zero-order valence-electron chi connectivity index (χ0n) is 14.0. The highest BCUT2D eigenvalue weighted by atomic mass is 32.1. The number of hydrogen-bond acceptors (Lipinski definition) is 5. The standard InChI is InChI=1S/C18H22N2O3S/c1-12-14(4-3-5-16(12)23-2)10-20-8-6-13(7-9-20)17-19-15(11-24-17)18(21)22/h3-5,11,13H,6-10H2,1-2H3,(H,21,22). The molecule has 0 bridgehead atoms. The number of methoxy groups -OCH3 is 1. The molecule has 0 saturated carbocycles. The number of carbonyl (C=O) groups is 1. The van der Waals surface area contributed by atoms with Gasteiger partial charge in [0.05, 0.1) is 12.1 Å². The molecular weight excluding hydrogens is 324 g/mol. The molecule has 1 fully saturated rings. The molecule has 128 valence electrons. The molecule has 1 aromatic heterocycles. The van der Waals surface area contributed by atoms with Gasteiger partial charge in [0.1, 0.15) is 5.75 Å². The highest BCUT2D eigenvalue weighted by Gasteiger charge is 2.24. The second-order valence-corrected chi connectivity index (χ2v) is 7.06. The van der Waals surface area contributed by atoms with E-state index in [1.807, 2.05) is 12.1 Å². The molecule has 0 atom stereocenters. The lowest BCUT2D eigenvalue weighted by Gasteiger charge is -2.31. The summed E-state index contributed by atoms with van der Waals surface area (Å²) < 4.78 is 5.40. The molecule has 24 heavy (non-hydrogen) atoms. The Bertz CT molecular complexity index is 721. The number of thiazole rings is 1. The maximum Gasteiger partial charge on any atom is 0.355 e. The van der Waals surface area contributed by atoms with E-state index in [1.54, 1.807) is 12.5 Å². The van der Waals surface area contributed by atoms with Crippen molar-refractivity contribution >= 4 is 17.3 Å². The number of rotatable bonds is 5. The number of benzene rings is 1. The van der Waals surface area contributed by atoms with Crippen LogP contribution in [0.2, 0.25) is 0 Å². The number of aromatic nitrogens is 1. The van der Waals surface area contributed by atoms with Crippen molar-refractivity contribution in [1.29, 1.82) is 0 Å². The van der Waals surface area contributed by atoms with Crippen LogP contribution in [0.1, 0.15) is 45.4 Å². The number of carboxylic acid groups (broad SMARTS) is 1. The van der Waals surface area contributed by atoms with E-state index in [2.05, 4.69) is 22.9 Å². The van der Waals surface area contributed by atoms with E-state index >= 15 is 0 Å². The second kappa shape index (κ2) is 7.32. The molecule has 0 aliphatic carbocycles. The minimum absolute atomic E-state index is 0.171. The number of hydrogen-bond donors (Lipinski definition) is 1. The van der Waals surface area contributed by atoms with Crippen molar-refractivity contribution in [2.45, 2.75) is 32.2 Å². The van der Waals surface area contributed by atoms with Crippen molar-refractivity contribution in [3.63, 3.8) is 0 Å². The fourth-order valence-corrected chi connectivity index (χ4v) is 4.17. The molecule has 3 rings (SSSR count). The van der Waals surface area contributed by atoms with E-state index in [0.717, 1.165) is 43.2 Å². The van der Waals surface area contributed by atoms with Crippen molar-refractivity contribution in [2.24, 2.45) is 0 Å². The van der Waals surface area contributed by atoms with E-state index in [1.165, 1.54) is 22.5 Å². The Morgan fingerprint density at radius 3 is 2.79 bits per heavy atom. The lowest BCUT2D eigenvalue weighted by molar-refractivity contribution is 0.0691. The summed E-state index contributed by atoms with van der Waals surface area (Å²) in [5.41, 5.74) is 2.67. The van der Waals surface area contributed by atoms with E-state index in [-0.39, 0.29) is 5.69 Å². The number of aromatic carboxylic acids is 1. The largest absolute Gasteiger partial charge is 0.496 e. The summed E-state index contributed by atoms with van der Waals surface area (Å²) in [7, 11) is 1.71. The smallest absolute Gasteiger partial charge is 0.355 e. The molecular formula is C18H22N2O3S. The molecule has 1 aliphatic rings. The number of piperidine rings is 1. The first-order valence-electron chi connectivity index (χ1n) is 8.12. The normalized spacial score (nSPS) is 16.2. The fourth-order valence-electron chi connectivity index (χ4n) is 3.20. The SMILES string of the molecule is COc1cccc(CN2CCC(c3nc(C(=O)O)cs3)CC2)c1C. The Kier molecular flexibility index (Phi) is 5.16. The third kappa shape index (κ3) is 3.60. The molecule has 5 nitrogen and oxygen atoms in total. The van der Waals surface area contributed by atoms with Gasteiger partial charge >= 0.3 is 5.97 Å². The summed E-state index contributed by atoms with van der Waals surface area (Å²) >= 11 is 1.47. The Labute approximate surface area is 145 Å². The number of carboxylic acids is 1. The van der Waals surface area contributed by atoms with Crippen LogP contribution in [0.3, 0.4) is 0 Å². The highest BCUT2D eigenvalue weighted by Crippen LogP contribution is 2.31. The van der Waals surface area contributed by atoms with Crippen molar-refractivity contribution in [3.8, 4) is 5.75 Å². The molecule has 2 aromatic rings. The first-order valence-corrected chi connectivity index (χ1v) is 9.00. The summed E-state index contributed by atoms with van der Waals surface area (Å²) in [6.45, 7) is 5.03. The maximum absolute atomic E-state index is 11.0. The van der Waals surface area contributed by atoms with Crippen LogP contribution in [0.25, 0.3) is 0 Å². The fraction of sp³-hybridized carbons (Fsp3) is 0.444. The van der Waals surface area contributed by atoms with Gasteiger partial charge in [0.15, 0.2) is 5.69 Å². The van der Waals surface area contributed by atoms with Crippen LogP contribution in [-0.2, 0) is 6.54 Å². The van der Waals surface area contributed by atoms with E-state index in [9.17, 15) is 4.79 Å². The van der Waals surface area contributed by atoms with Gasteiger partial charge in [-0.15, -0.1) is 11.3 Å². The van der Waals surface area contributed by atoms with E-state index < -0.39 is 5.97 Å². The molecule has 1 aliphatic heterocycles. The number of nitrogens with zero attached hydrogens (tertiary/aromatic N) is 2. The van der Waals surface area contributed by atoms with Gasteiger partial charge in [0.25, 0.3) is 0 Å². The van der Waals surface area contributed by atoms with Crippen LogP contribution in [0.5, 0.6) is 5.75 Å². The zero-order valence-corrected chi connectivity index (χ0v) is 14.8. The molecule has 1 N–H and O–H groups in total. The Morgan fingerprint density at radius 2 is 2.17 bits per heavy atom. The first kappa shape index (κ1) is 16.9. The van der Waals surface area contributed by atoms with Crippen molar-refractivity contribution in [1.82, 2.24) is 9.88 Å². The number of ether oxygens (including phenoxy) is 1. The monoisotopic (exact) mass is 346 g/mol. The molecule has 0 amide bonds. The summed E-state index contributed by atoms with van der Waals surface area (Å²) in [5.74, 6) is 0.376. The van der Waals surface area contributed by atoms with Crippen LogP contribution in [0.4, 0.5) is 0 Å². The molecule has 0 spiro atoms. The van der Waals surface area contributed by atoms with E-state index in [4.69, 9.17) is 9.84 Å². The second-order valence-electron chi connectivity index (χ2n) is 6.17. The van der Waals surface area contributed by atoms with Crippen molar-refractivity contribution in [3.05, 3.63) is 45.4 Å². The minimum Gasteiger partial charge on any atom is -0.496 e. The lowest BCUT2D eigenvalue weighted by Crippen LogP contribution is -2.32. The van der Waals surface area contributed by atoms with Gasteiger partial charge in [-0.25, -0.2) is 9.78 Å². The van der Waals surface area contributed by atoms with Crippen molar-refractivity contribution < 1.29 is 14.6 Å². The quantitative estimate of drug-likeness (QED) is 0.897. The van der Waals surface area contributed by atoms with Gasteiger partial charge < -0.3 is 9.84 Å². The van der Waals surface area contributed by atoms with Crippen LogP contribution in [0, 0.1) is 6.92 Å². The van der Waals surface area contributed by atoms with Crippen LogP contribution in [-0.4, -0.2) is 41.2 Å². The van der Waals surface area contributed by atoms with Gasteiger partial charge in [0.2, 0.25) is 0 Å². The molecule has 1 saturated heterocycles. The van der Waals surface area contributed by atoms with Gasteiger partial charge in [0, 0.05) is 17.8 Å². The van der Waals surface area contributed by atoms with Crippen molar-refractivity contribution in [2.75, 3.05) is 20.2 Å². The molecule has 0 radical (unpaired) electrons. The summed E-state index contributed by atoms with van der Waals surface area (Å²) in [6, 6.07) is 6.19. The first-order chi connectivity index (χ1) is 11.6. The Balaban J connectivity index is 1.60. The van der Waals surface area contributed by atoms with Crippen LogP contribution in [0.15, 0.2) is 23.6 Å². The molecule has 1 aromatic carbocycles. The predicted octanol–water partition coefficient (Wildman–Crippen LogP) is 3.54. The third-order valence-corrected chi connectivity index (χ3v) is 5.70. The van der Waals surface area contributed by atoms with Gasteiger partial charge in [-0.3, -0.25) is 4.90 Å². The average Bonchev–Trinajstić information content (AvgIpc) is 3.08. The third-order valence-electron chi connectivity index (χ3n) is 4.69. The summed E-state index contributed by atoms with van der Waals surface area (Å²) in [5, 5.41) is 11.6.